The summed E-state index contributed by atoms with van der Waals surface area (Å²) in [6.45, 7) is 4.40. The Kier molecular flexibility index (Phi) is 4.95. The maximum absolute atomic E-state index is 12.4. The van der Waals surface area contributed by atoms with E-state index in [4.69, 9.17) is 0 Å². The number of rotatable bonds is 4. The average Bonchev–Trinajstić information content (AvgIpc) is 2.42. The van der Waals surface area contributed by atoms with E-state index in [1.54, 1.807) is 0 Å². The molecule has 0 heterocycles. The van der Waals surface area contributed by atoms with Crippen LogP contribution in [-0.4, -0.2) is 23.0 Å². The lowest BCUT2D eigenvalue weighted by atomic mass is 9.70. The van der Waals surface area contributed by atoms with E-state index in [1.165, 1.54) is 6.42 Å². The van der Waals surface area contributed by atoms with E-state index in [1.807, 2.05) is 0 Å². The number of carbonyl (C=O) groups is 2. The smallest absolute Gasteiger partial charge is 0.310 e. The Morgan fingerprint density at radius 3 is 2.24 bits per heavy atom. The lowest BCUT2D eigenvalue weighted by Crippen LogP contribution is -2.49. The summed E-state index contributed by atoms with van der Waals surface area (Å²) in [7, 11) is 0. The Labute approximate surface area is 127 Å². The molecule has 2 aliphatic rings. The van der Waals surface area contributed by atoms with E-state index in [-0.39, 0.29) is 23.8 Å². The van der Waals surface area contributed by atoms with Crippen LogP contribution in [-0.2, 0) is 9.59 Å². The van der Waals surface area contributed by atoms with Crippen LogP contribution in [0.15, 0.2) is 0 Å². The topological polar surface area (TPSA) is 66.4 Å². The molecule has 2 rings (SSSR count). The van der Waals surface area contributed by atoms with Crippen LogP contribution < -0.4 is 5.32 Å². The Bertz CT molecular complexity index is 397. The van der Waals surface area contributed by atoms with Gasteiger partial charge in [-0.2, -0.15) is 0 Å². The SMILES string of the molecule is CC1(C)CCCCC1NC(=O)CC1(C(=O)O)CCCCC1. The first-order chi connectivity index (χ1) is 9.86. The van der Waals surface area contributed by atoms with Crippen LogP contribution in [0.4, 0.5) is 0 Å². The van der Waals surface area contributed by atoms with Gasteiger partial charge in [-0.15, -0.1) is 0 Å². The van der Waals surface area contributed by atoms with Gasteiger partial charge < -0.3 is 10.4 Å². The molecule has 0 bridgehead atoms. The third-order valence-electron chi connectivity index (χ3n) is 5.61. The lowest BCUT2D eigenvalue weighted by Gasteiger charge is -2.40. The third kappa shape index (κ3) is 3.78. The number of carboxylic acids is 1. The molecule has 0 spiro atoms. The van der Waals surface area contributed by atoms with E-state index in [0.29, 0.717) is 12.8 Å². The minimum atomic E-state index is -0.818. The molecular formula is C17H29NO3. The number of nitrogens with one attached hydrogen (secondary N) is 1. The molecule has 2 saturated carbocycles. The highest BCUT2D eigenvalue weighted by Gasteiger charge is 2.42. The van der Waals surface area contributed by atoms with Crippen molar-refractivity contribution in [3.63, 3.8) is 0 Å². The summed E-state index contributed by atoms with van der Waals surface area (Å²) in [6, 6.07) is 0.188. The summed E-state index contributed by atoms with van der Waals surface area (Å²) < 4.78 is 0. The van der Waals surface area contributed by atoms with Gasteiger partial charge in [0.25, 0.3) is 0 Å². The van der Waals surface area contributed by atoms with Gasteiger partial charge in [0.2, 0.25) is 5.91 Å². The molecule has 1 unspecified atom stereocenters. The monoisotopic (exact) mass is 295 g/mol. The average molecular weight is 295 g/mol. The Morgan fingerprint density at radius 2 is 1.67 bits per heavy atom. The quantitative estimate of drug-likeness (QED) is 0.834. The number of aliphatic carboxylic acids is 1. The van der Waals surface area contributed by atoms with Crippen LogP contribution in [0, 0.1) is 10.8 Å². The van der Waals surface area contributed by atoms with E-state index in [0.717, 1.165) is 38.5 Å². The molecule has 4 heteroatoms. The van der Waals surface area contributed by atoms with Gasteiger partial charge in [-0.25, -0.2) is 0 Å². The fourth-order valence-electron chi connectivity index (χ4n) is 4.01. The number of hydrogen-bond donors (Lipinski definition) is 2. The highest BCUT2D eigenvalue weighted by Crippen LogP contribution is 2.40. The van der Waals surface area contributed by atoms with Crippen molar-refractivity contribution in [2.24, 2.45) is 10.8 Å². The molecule has 4 nitrogen and oxygen atoms in total. The third-order valence-corrected chi connectivity index (χ3v) is 5.61. The first-order valence-corrected chi connectivity index (χ1v) is 8.39. The summed E-state index contributed by atoms with van der Waals surface area (Å²) in [5.74, 6) is -0.862. The number of carbonyl (C=O) groups excluding carboxylic acids is 1. The summed E-state index contributed by atoms with van der Waals surface area (Å²) in [6.07, 6.45) is 8.88. The molecule has 1 atom stereocenters. The van der Waals surface area contributed by atoms with E-state index in [9.17, 15) is 14.7 Å². The Balaban J connectivity index is 1.98. The van der Waals surface area contributed by atoms with Crippen molar-refractivity contribution in [3.05, 3.63) is 0 Å². The number of hydrogen-bond acceptors (Lipinski definition) is 2. The Morgan fingerprint density at radius 1 is 1.05 bits per heavy atom. The van der Waals surface area contributed by atoms with Crippen molar-refractivity contribution < 1.29 is 14.7 Å². The maximum atomic E-state index is 12.4. The summed E-state index contributed by atoms with van der Waals surface area (Å²) in [5, 5.41) is 12.7. The molecule has 21 heavy (non-hydrogen) atoms. The molecule has 0 saturated heterocycles. The molecule has 120 valence electrons. The van der Waals surface area contributed by atoms with E-state index >= 15 is 0 Å². The lowest BCUT2D eigenvalue weighted by molar-refractivity contribution is -0.154. The fraction of sp³-hybridized carbons (Fsp3) is 0.882. The molecule has 1 amide bonds. The maximum Gasteiger partial charge on any atom is 0.310 e. The summed E-state index contributed by atoms with van der Waals surface area (Å²) >= 11 is 0. The standard InChI is InChI=1S/C17H29NO3/c1-16(2)9-7-4-8-13(16)18-14(19)12-17(15(20)21)10-5-3-6-11-17/h13H,3-12H2,1-2H3,(H,18,19)(H,20,21). The van der Waals surface area contributed by atoms with Gasteiger partial charge >= 0.3 is 5.97 Å². The van der Waals surface area contributed by atoms with Gasteiger partial charge in [0.1, 0.15) is 0 Å². The molecule has 0 aromatic heterocycles. The minimum Gasteiger partial charge on any atom is -0.481 e. The van der Waals surface area contributed by atoms with Gasteiger partial charge in [0.05, 0.1) is 5.41 Å². The zero-order valence-corrected chi connectivity index (χ0v) is 13.4. The van der Waals surface area contributed by atoms with Gasteiger partial charge in [0, 0.05) is 12.5 Å². The second-order valence-electron chi connectivity index (χ2n) is 7.68. The largest absolute Gasteiger partial charge is 0.481 e. The highest BCUT2D eigenvalue weighted by atomic mass is 16.4. The zero-order chi connectivity index (χ0) is 15.5. The zero-order valence-electron chi connectivity index (χ0n) is 13.4. The number of carboxylic acid groups (broad SMARTS) is 1. The van der Waals surface area contributed by atoms with Crippen LogP contribution in [0.1, 0.15) is 78.1 Å². The van der Waals surface area contributed by atoms with Gasteiger partial charge in [-0.1, -0.05) is 46.0 Å². The van der Waals surface area contributed by atoms with Crippen molar-refractivity contribution in [3.8, 4) is 0 Å². The molecule has 0 aromatic rings. The Hall–Kier alpha value is -1.06. The van der Waals surface area contributed by atoms with Gasteiger partial charge in [0.15, 0.2) is 0 Å². The van der Waals surface area contributed by atoms with Gasteiger partial charge in [-0.3, -0.25) is 9.59 Å². The van der Waals surface area contributed by atoms with Crippen LogP contribution in [0.3, 0.4) is 0 Å². The summed E-state index contributed by atoms with van der Waals surface area (Å²) in [5.41, 5.74) is -0.696. The molecule has 2 fully saturated rings. The van der Waals surface area contributed by atoms with Crippen molar-refractivity contribution in [1.29, 1.82) is 0 Å². The first kappa shape index (κ1) is 16.3. The predicted molar refractivity (Wildman–Crippen MR) is 82.0 cm³/mol. The van der Waals surface area contributed by atoms with Crippen molar-refractivity contribution in [2.45, 2.75) is 84.1 Å². The van der Waals surface area contributed by atoms with Crippen LogP contribution >= 0.6 is 0 Å². The molecule has 0 aromatic carbocycles. The van der Waals surface area contributed by atoms with Crippen LogP contribution in [0.5, 0.6) is 0 Å². The summed E-state index contributed by atoms with van der Waals surface area (Å²) in [4.78, 5) is 24.1. The van der Waals surface area contributed by atoms with Crippen molar-refractivity contribution in [1.82, 2.24) is 5.32 Å². The van der Waals surface area contributed by atoms with Crippen LogP contribution in [0.25, 0.3) is 0 Å². The van der Waals surface area contributed by atoms with E-state index < -0.39 is 11.4 Å². The van der Waals surface area contributed by atoms with Gasteiger partial charge in [-0.05, 0) is 31.1 Å². The highest BCUT2D eigenvalue weighted by molar-refractivity contribution is 5.85. The molecular weight excluding hydrogens is 266 g/mol. The molecule has 0 aliphatic heterocycles. The second kappa shape index (κ2) is 6.37. The second-order valence-corrected chi connectivity index (χ2v) is 7.68. The normalized spacial score (nSPS) is 27.8. The van der Waals surface area contributed by atoms with E-state index in [2.05, 4.69) is 19.2 Å². The fourth-order valence-corrected chi connectivity index (χ4v) is 4.01. The number of amides is 1. The first-order valence-electron chi connectivity index (χ1n) is 8.39. The van der Waals surface area contributed by atoms with Crippen molar-refractivity contribution in [2.75, 3.05) is 0 Å². The van der Waals surface area contributed by atoms with Crippen molar-refractivity contribution >= 4 is 11.9 Å². The predicted octanol–water partition coefficient (Wildman–Crippen LogP) is 3.50. The molecule has 2 N–H and O–H groups in total. The molecule has 0 radical (unpaired) electrons. The van der Waals surface area contributed by atoms with Crippen LogP contribution in [0.2, 0.25) is 0 Å². The molecule has 2 aliphatic carbocycles. The minimum absolute atomic E-state index is 0.0701.